The minimum atomic E-state index is -0.480. The molecule has 30 heavy (non-hydrogen) atoms. The van der Waals surface area contributed by atoms with E-state index in [0.717, 1.165) is 22.3 Å². The molecule has 0 spiro atoms. The van der Waals surface area contributed by atoms with Gasteiger partial charge in [-0.05, 0) is 54.0 Å². The van der Waals surface area contributed by atoms with Crippen LogP contribution in [0.2, 0.25) is 0 Å². The Morgan fingerprint density at radius 1 is 0.967 bits per heavy atom. The zero-order valence-corrected chi connectivity index (χ0v) is 16.8. The van der Waals surface area contributed by atoms with Crippen LogP contribution in [-0.4, -0.2) is 19.0 Å². The van der Waals surface area contributed by atoms with Gasteiger partial charge in [0.1, 0.15) is 6.61 Å². The molecule has 0 fully saturated rings. The van der Waals surface area contributed by atoms with Gasteiger partial charge in [0.2, 0.25) is 5.90 Å². The number of methoxy groups -OCH3 is 1. The molecular formula is C25H21NO4. The van der Waals surface area contributed by atoms with Crippen LogP contribution in [-0.2, 0) is 16.1 Å². The van der Waals surface area contributed by atoms with E-state index in [1.54, 1.807) is 13.2 Å². The summed E-state index contributed by atoms with van der Waals surface area (Å²) in [5.41, 5.74) is 4.02. The summed E-state index contributed by atoms with van der Waals surface area (Å²) in [7, 11) is 1.60. The van der Waals surface area contributed by atoms with Crippen LogP contribution < -0.4 is 9.47 Å². The first-order chi connectivity index (χ1) is 14.6. The number of carbonyl (C=O) groups excluding carboxylic acids is 1. The van der Waals surface area contributed by atoms with E-state index in [-0.39, 0.29) is 5.70 Å². The summed E-state index contributed by atoms with van der Waals surface area (Å²) in [5.74, 6) is 1.03. The molecule has 5 nitrogen and oxygen atoms in total. The number of aryl methyl sites for hydroxylation is 1. The quantitative estimate of drug-likeness (QED) is 0.436. The number of rotatable bonds is 6. The second-order valence-corrected chi connectivity index (χ2v) is 6.83. The Hall–Kier alpha value is -3.86. The molecule has 0 saturated carbocycles. The highest BCUT2D eigenvalue weighted by Gasteiger charge is 2.24. The fraction of sp³-hybridized carbons (Fsp3) is 0.120. The number of hydrogen-bond donors (Lipinski definition) is 0. The van der Waals surface area contributed by atoms with Crippen molar-refractivity contribution in [3.05, 3.63) is 101 Å². The predicted molar refractivity (Wildman–Crippen MR) is 116 cm³/mol. The third-order valence-electron chi connectivity index (χ3n) is 4.78. The van der Waals surface area contributed by atoms with Gasteiger partial charge in [-0.1, -0.05) is 48.5 Å². The first-order valence-corrected chi connectivity index (χ1v) is 9.57. The van der Waals surface area contributed by atoms with E-state index in [4.69, 9.17) is 14.2 Å². The number of ether oxygens (including phenoxy) is 3. The first-order valence-electron chi connectivity index (χ1n) is 9.57. The Morgan fingerprint density at radius 2 is 1.73 bits per heavy atom. The lowest BCUT2D eigenvalue weighted by atomic mass is 10.1. The van der Waals surface area contributed by atoms with E-state index in [1.165, 1.54) is 0 Å². The zero-order chi connectivity index (χ0) is 20.9. The maximum absolute atomic E-state index is 12.3. The Kier molecular flexibility index (Phi) is 5.61. The molecule has 3 aromatic rings. The van der Waals surface area contributed by atoms with Crippen LogP contribution in [0.5, 0.6) is 11.5 Å². The van der Waals surface area contributed by atoms with Gasteiger partial charge < -0.3 is 14.2 Å². The number of hydrogen-bond acceptors (Lipinski definition) is 5. The van der Waals surface area contributed by atoms with Crippen LogP contribution in [0, 0.1) is 6.92 Å². The smallest absolute Gasteiger partial charge is 0.363 e. The van der Waals surface area contributed by atoms with Gasteiger partial charge in [-0.15, -0.1) is 0 Å². The van der Waals surface area contributed by atoms with Crippen LogP contribution in [0.4, 0.5) is 0 Å². The lowest BCUT2D eigenvalue weighted by Gasteiger charge is -2.12. The molecule has 1 aliphatic rings. The third-order valence-corrected chi connectivity index (χ3v) is 4.78. The number of aliphatic imine (C=N–C) groups is 1. The minimum Gasteiger partial charge on any atom is -0.493 e. The fourth-order valence-electron chi connectivity index (χ4n) is 3.09. The van der Waals surface area contributed by atoms with E-state index in [1.807, 2.05) is 79.7 Å². The summed E-state index contributed by atoms with van der Waals surface area (Å²) in [6, 6.07) is 22.9. The lowest BCUT2D eigenvalue weighted by Crippen LogP contribution is -2.05. The molecule has 0 N–H and O–H groups in total. The van der Waals surface area contributed by atoms with Gasteiger partial charge in [0, 0.05) is 5.56 Å². The van der Waals surface area contributed by atoms with Gasteiger partial charge >= 0.3 is 5.97 Å². The van der Waals surface area contributed by atoms with E-state index in [2.05, 4.69) is 4.99 Å². The largest absolute Gasteiger partial charge is 0.493 e. The van der Waals surface area contributed by atoms with Gasteiger partial charge in [-0.3, -0.25) is 0 Å². The van der Waals surface area contributed by atoms with Crippen molar-refractivity contribution in [1.82, 2.24) is 0 Å². The van der Waals surface area contributed by atoms with Gasteiger partial charge in [0.05, 0.1) is 7.11 Å². The molecule has 1 aliphatic heterocycles. The standard InChI is InChI=1S/C25H21NO4/c1-17-8-6-7-11-20(17)16-29-23-15-18(12-13-22(23)28-2)14-21-25(27)30-24(26-21)19-9-4-3-5-10-19/h3-15H,16H2,1-2H3/b21-14+. The Labute approximate surface area is 175 Å². The van der Waals surface area contributed by atoms with Crippen LogP contribution in [0.15, 0.2) is 83.5 Å². The molecule has 0 amide bonds. The van der Waals surface area contributed by atoms with E-state index >= 15 is 0 Å². The van der Waals surface area contributed by atoms with Crippen molar-refractivity contribution in [2.24, 2.45) is 4.99 Å². The number of cyclic esters (lactones) is 1. The lowest BCUT2D eigenvalue weighted by molar-refractivity contribution is -0.129. The zero-order valence-electron chi connectivity index (χ0n) is 16.8. The third kappa shape index (κ3) is 4.25. The highest BCUT2D eigenvalue weighted by molar-refractivity contribution is 6.12. The van der Waals surface area contributed by atoms with Crippen molar-refractivity contribution in [3.8, 4) is 11.5 Å². The number of esters is 1. The molecular weight excluding hydrogens is 378 g/mol. The predicted octanol–water partition coefficient (Wildman–Crippen LogP) is 4.93. The summed E-state index contributed by atoms with van der Waals surface area (Å²) >= 11 is 0. The summed E-state index contributed by atoms with van der Waals surface area (Å²) in [4.78, 5) is 16.6. The van der Waals surface area contributed by atoms with Crippen LogP contribution in [0.3, 0.4) is 0 Å². The van der Waals surface area contributed by atoms with Crippen LogP contribution in [0.1, 0.15) is 22.3 Å². The van der Waals surface area contributed by atoms with E-state index < -0.39 is 5.97 Å². The summed E-state index contributed by atoms with van der Waals surface area (Å²) in [6.45, 7) is 2.46. The Bertz CT molecular complexity index is 1130. The van der Waals surface area contributed by atoms with Gasteiger partial charge in [0.25, 0.3) is 0 Å². The molecule has 0 unspecified atom stereocenters. The SMILES string of the molecule is COc1ccc(/C=C2/N=C(c3ccccc3)OC2=O)cc1OCc1ccccc1C. The van der Waals surface area contributed by atoms with Crippen molar-refractivity contribution in [2.75, 3.05) is 7.11 Å². The average molecular weight is 399 g/mol. The molecule has 3 aromatic carbocycles. The highest BCUT2D eigenvalue weighted by Crippen LogP contribution is 2.30. The summed E-state index contributed by atoms with van der Waals surface area (Å²) < 4.78 is 16.7. The van der Waals surface area contributed by atoms with Gasteiger partial charge in [0.15, 0.2) is 17.2 Å². The average Bonchev–Trinajstić information content (AvgIpc) is 3.14. The maximum atomic E-state index is 12.3. The summed E-state index contributed by atoms with van der Waals surface area (Å²) in [5, 5.41) is 0. The molecule has 0 bridgehead atoms. The monoisotopic (exact) mass is 399 g/mol. The topological polar surface area (TPSA) is 57.1 Å². The Morgan fingerprint density at radius 3 is 2.50 bits per heavy atom. The number of nitrogens with zero attached hydrogens (tertiary/aromatic N) is 1. The second-order valence-electron chi connectivity index (χ2n) is 6.83. The molecule has 4 rings (SSSR count). The minimum absolute atomic E-state index is 0.240. The molecule has 0 radical (unpaired) electrons. The van der Waals surface area contributed by atoms with E-state index in [0.29, 0.717) is 24.0 Å². The molecule has 0 atom stereocenters. The first kappa shape index (κ1) is 19.5. The molecule has 1 heterocycles. The number of benzene rings is 3. The van der Waals surface area contributed by atoms with E-state index in [9.17, 15) is 4.79 Å². The Balaban J connectivity index is 1.59. The van der Waals surface area contributed by atoms with Crippen molar-refractivity contribution in [2.45, 2.75) is 13.5 Å². The maximum Gasteiger partial charge on any atom is 0.363 e. The van der Waals surface area contributed by atoms with Crippen molar-refractivity contribution in [3.63, 3.8) is 0 Å². The second kappa shape index (κ2) is 8.66. The highest BCUT2D eigenvalue weighted by atomic mass is 16.6. The van der Waals surface area contributed by atoms with Crippen molar-refractivity contribution >= 4 is 17.9 Å². The van der Waals surface area contributed by atoms with Crippen LogP contribution >= 0.6 is 0 Å². The molecule has 0 saturated heterocycles. The van der Waals surface area contributed by atoms with Crippen LogP contribution in [0.25, 0.3) is 6.08 Å². The van der Waals surface area contributed by atoms with Crippen molar-refractivity contribution in [1.29, 1.82) is 0 Å². The van der Waals surface area contributed by atoms with Gasteiger partial charge in [-0.25, -0.2) is 9.79 Å². The summed E-state index contributed by atoms with van der Waals surface area (Å²) in [6.07, 6.45) is 1.68. The van der Waals surface area contributed by atoms with Gasteiger partial charge in [-0.2, -0.15) is 0 Å². The molecule has 0 aliphatic carbocycles. The molecule has 0 aromatic heterocycles. The molecule has 150 valence electrons. The van der Waals surface area contributed by atoms with Crippen molar-refractivity contribution < 1.29 is 19.0 Å². The fourth-order valence-corrected chi connectivity index (χ4v) is 3.09. The molecule has 5 heteroatoms. The number of carbonyl (C=O) groups is 1. The normalized spacial score (nSPS) is 14.4.